The van der Waals surface area contributed by atoms with Gasteiger partial charge in [-0.3, -0.25) is 4.79 Å². The largest absolute Gasteiger partial charge is 0.371 e. The Hall–Kier alpha value is -2.44. The monoisotopic (exact) mass is 448 g/mol. The molecular weight excluding hydrogens is 423 g/mol. The molecule has 0 aliphatic carbocycles. The van der Waals surface area contributed by atoms with Gasteiger partial charge in [0.05, 0.1) is 15.6 Å². The van der Waals surface area contributed by atoms with E-state index in [2.05, 4.69) is 20.9 Å². The van der Waals surface area contributed by atoms with E-state index in [0.29, 0.717) is 33.5 Å². The fourth-order valence-electron chi connectivity index (χ4n) is 3.41. The van der Waals surface area contributed by atoms with Gasteiger partial charge in [-0.2, -0.15) is 0 Å². The summed E-state index contributed by atoms with van der Waals surface area (Å²) in [6, 6.07) is 9.87. The number of nitrogens with zero attached hydrogens (tertiary/aromatic N) is 1. The van der Waals surface area contributed by atoms with Crippen molar-refractivity contribution in [2.75, 3.05) is 35.2 Å². The molecule has 1 fully saturated rings. The quantitative estimate of drug-likeness (QED) is 0.525. The van der Waals surface area contributed by atoms with Gasteiger partial charge in [-0.05, 0) is 62.1 Å². The number of urea groups is 1. The first-order chi connectivity index (χ1) is 14.5. The summed E-state index contributed by atoms with van der Waals surface area (Å²) >= 11 is 11.9. The van der Waals surface area contributed by atoms with Crippen LogP contribution in [0.2, 0.25) is 10.0 Å². The van der Waals surface area contributed by atoms with Crippen LogP contribution in [0.3, 0.4) is 0 Å². The van der Waals surface area contributed by atoms with Crippen molar-refractivity contribution in [1.29, 1.82) is 0 Å². The normalized spacial score (nSPS) is 13.6. The van der Waals surface area contributed by atoms with E-state index < -0.39 is 6.03 Å². The average Bonchev–Trinajstić information content (AvgIpc) is 2.75. The summed E-state index contributed by atoms with van der Waals surface area (Å²) in [7, 11) is 0. The minimum absolute atomic E-state index is 0.133. The molecule has 1 aliphatic rings. The van der Waals surface area contributed by atoms with Crippen LogP contribution in [0.5, 0.6) is 0 Å². The number of hydrogen-bond acceptors (Lipinski definition) is 3. The number of hydrogen-bond donors (Lipinski definition) is 3. The molecular formula is C22H26Cl2N4O2. The highest BCUT2D eigenvalue weighted by molar-refractivity contribution is 6.42. The summed E-state index contributed by atoms with van der Waals surface area (Å²) in [6.07, 6.45) is 4.29. The zero-order valence-corrected chi connectivity index (χ0v) is 18.4. The zero-order valence-electron chi connectivity index (χ0n) is 16.9. The number of rotatable bonds is 6. The molecule has 3 amide bonds. The van der Waals surface area contributed by atoms with Gasteiger partial charge in [0, 0.05) is 36.7 Å². The summed E-state index contributed by atoms with van der Waals surface area (Å²) < 4.78 is 0. The lowest BCUT2D eigenvalue weighted by Crippen LogP contribution is -2.33. The van der Waals surface area contributed by atoms with Crippen LogP contribution < -0.4 is 20.9 Å². The summed E-state index contributed by atoms with van der Waals surface area (Å²) in [4.78, 5) is 27.4. The van der Waals surface area contributed by atoms with E-state index in [0.717, 1.165) is 38.0 Å². The summed E-state index contributed by atoms with van der Waals surface area (Å²) in [5, 5.41) is 9.21. The second-order valence-electron chi connectivity index (χ2n) is 7.24. The zero-order chi connectivity index (χ0) is 21.5. The molecule has 3 N–H and O–H groups in total. The van der Waals surface area contributed by atoms with E-state index in [1.54, 1.807) is 24.3 Å². The van der Waals surface area contributed by atoms with Crippen LogP contribution in [0.1, 0.15) is 43.0 Å². The molecule has 0 atom stereocenters. The Morgan fingerprint density at radius 1 is 0.933 bits per heavy atom. The fraction of sp³-hybridized carbons (Fsp3) is 0.364. The minimum Gasteiger partial charge on any atom is -0.371 e. The van der Waals surface area contributed by atoms with Crippen molar-refractivity contribution < 1.29 is 9.59 Å². The molecule has 6 nitrogen and oxygen atoms in total. The number of piperidine rings is 1. The van der Waals surface area contributed by atoms with Crippen LogP contribution >= 0.6 is 23.2 Å². The molecule has 1 saturated heterocycles. The van der Waals surface area contributed by atoms with E-state index in [-0.39, 0.29) is 5.91 Å². The van der Waals surface area contributed by atoms with Crippen LogP contribution in [0.15, 0.2) is 36.4 Å². The van der Waals surface area contributed by atoms with Crippen molar-refractivity contribution in [3.8, 4) is 0 Å². The molecule has 1 aliphatic heterocycles. The Morgan fingerprint density at radius 3 is 2.27 bits per heavy atom. The van der Waals surface area contributed by atoms with Crippen molar-refractivity contribution in [3.05, 3.63) is 52.0 Å². The Kier molecular flexibility index (Phi) is 7.82. The fourth-order valence-corrected chi connectivity index (χ4v) is 3.71. The topological polar surface area (TPSA) is 73.5 Å². The van der Waals surface area contributed by atoms with Crippen molar-refractivity contribution >= 4 is 52.2 Å². The van der Waals surface area contributed by atoms with Gasteiger partial charge < -0.3 is 20.9 Å². The number of carbonyl (C=O) groups excluding carboxylic acids is 2. The van der Waals surface area contributed by atoms with E-state index in [4.69, 9.17) is 23.2 Å². The molecule has 0 radical (unpaired) electrons. The molecule has 3 rings (SSSR count). The standard InChI is InChI=1S/C22H26Cl2N4O2/c1-2-10-25-21(29)17-13-15(7-9-20(17)28-11-4-3-5-12-28)26-22(30)27-16-6-8-18(23)19(24)14-16/h6-9,13-14H,2-5,10-12H2,1H3,(H,25,29)(H2,26,27,30). The highest BCUT2D eigenvalue weighted by atomic mass is 35.5. The molecule has 30 heavy (non-hydrogen) atoms. The van der Waals surface area contributed by atoms with E-state index in [1.165, 1.54) is 6.42 Å². The first-order valence-corrected chi connectivity index (χ1v) is 10.9. The molecule has 160 valence electrons. The minimum atomic E-state index is -0.431. The second-order valence-corrected chi connectivity index (χ2v) is 8.06. The molecule has 0 saturated carbocycles. The summed E-state index contributed by atoms with van der Waals surface area (Å²) in [6.45, 7) is 4.47. The Morgan fingerprint density at radius 2 is 1.60 bits per heavy atom. The first kappa shape index (κ1) is 22.2. The van der Waals surface area contributed by atoms with Gasteiger partial charge in [-0.1, -0.05) is 30.1 Å². The lowest BCUT2D eigenvalue weighted by atomic mass is 10.1. The second kappa shape index (κ2) is 10.5. The van der Waals surface area contributed by atoms with Gasteiger partial charge in [-0.25, -0.2) is 4.79 Å². The number of nitrogens with one attached hydrogen (secondary N) is 3. The van der Waals surface area contributed by atoms with Crippen molar-refractivity contribution in [3.63, 3.8) is 0 Å². The van der Waals surface area contributed by atoms with Crippen LogP contribution in [-0.2, 0) is 0 Å². The molecule has 1 heterocycles. The Labute approximate surface area is 186 Å². The van der Waals surface area contributed by atoms with Gasteiger partial charge in [-0.15, -0.1) is 0 Å². The SMILES string of the molecule is CCCNC(=O)c1cc(NC(=O)Nc2ccc(Cl)c(Cl)c2)ccc1N1CCCCC1. The Bertz CT molecular complexity index is 914. The van der Waals surface area contributed by atoms with Crippen LogP contribution in [0.4, 0.5) is 21.9 Å². The number of benzene rings is 2. The third-order valence-corrected chi connectivity index (χ3v) is 5.65. The van der Waals surface area contributed by atoms with E-state index >= 15 is 0 Å². The average molecular weight is 449 g/mol. The maximum atomic E-state index is 12.8. The third-order valence-electron chi connectivity index (χ3n) is 4.91. The molecule has 2 aromatic rings. The molecule has 8 heteroatoms. The van der Waals surface area contributed by atoms with Crippen LogP contribution in [-0.4, -0.2) is 31.6 Å². The molecule has 0 bridgehead atoms. The predicted octanol–water partition coefficient (Wildman–Crippen LogP) is 5.77. The van der Waals surface area contributed by atoms with Crippen molar-refractivity contribution in [1.82, 2.24) is 5.32 Å². The van der Waals surface area contributed by atoms with Gasteiger partial charge in [0.1, 0.15) is 0 Å². The highest BCUT2D eigenvalue weighted by Crippen LogP contribution is 2.28. The number of halogens is 2. The molecule has 0 aromatic heterocycles. The predicted molar refractivity (Wildman–Crippen MR) is 124 cm³/mol. The lowest BCUT2D eigenvalue weighted by molar-refractivity contribution is 0.0954. The van der Waals surface area contributed by atoms with Gasteiger partial charge >= 0.3 is 6.03 Å². The van der Waals surface area contributed by atoms with Crippen molar-refractivity contribution in [2.45, 2.75) is 32.6 Å². The third kappa shape index (κ3) is 5.80. The van der Waals surface area contributed by atoms with Gasteiger partial charge in [0.2, 0.25) is 0 Å². The van der Waals surface area contributed by atoms with Gasteiger partial charge in [0.15, 0.2) is 0 Å². The molecule has 0 unspecified atom stereocenters. The maximum Gasteiger partial charge on any atom is 0.323 e. The molecule has 2 aromatic carbocycles. The number of carbonyl (C=O) groups is 2. The smallest absolute Gasteiger partial charge is 0.323 e. The summed E-state index contributed by atoms with van der Waals surface area (Å²) in [5.74, 6) is -0.133. The molecule has 0 spiro atoms. The maximum absolute atomic E-state index is 12.8. The number of anilines is 3. The highest BCUT2D eigenvalue weighted by Gasteiger charge is 2.19. The van der Waals surface area contributed by atoms with Gasteiger partial charge in [0.25, 0.3) is 5.91 Å². The summed E-state index contributed by atoms with van der Waals surface area (Å²) in [5.41, 5.74) is 2.53. The van der Waals surface area contributed by atoms with Crippen LogP contribution in [0, 0.1) is 0 Å². The lowest BCUT2D eigenvalue weighted by Gasteiger charge is -2.30. The van der Waals surface area contributed by atoms with E-state index in [9.17, 15) is 9.59 Å². The first-order valence-electron chi connectivity index (χ1n) is 10.2. The Balaban J connectivity index is 1.77. The van der Waals surface area contributed by atoms with Crippen LogP contribution in [0.25, 0.3) is 0 Å². The van der Waals surface area contributed by atoms with E-state index in [1.807, 2.05) is 19.1 Å². The van der Waals surface area contributed by atoms with Crippen molar-refractivity contribution in [2.24, 2.45) is 0 Å². The number of amides is 3.